The molecule has 0 aliphatic heterocycles. The molecule has 28 heavy (non-hydrogen) atoms. The van der Waals surface area contributed by atoms with E-state index in [0.717, 1.165) is 44.6 Å². The van der Waals surface area contributed by atoms with E-state index in [0.29, 0.717) is 12.5 Å². The summed E-state index contributed by atoms with van der Waals surface area (Å²) in [5.41, 5.74) is 0.929. The van der Waals surface area contributed by atoms with Crippen molar-refractivity contribution in [1.82, 2.24) is 15.5 Å². The van der Waals surface area contributed by atoms with Gasteiger partial charge < -0.3 is 20.3 Å². The van der Waals surface area contributed by atoms with Crippen molar-refractivity contribution in [2.24, 2.45) is 4.99 Å². The Balaban J connectivity index is 0.00000729. The minimum atomic E-state index is -4.33. The number of aliphatic imine (C=N–C) groups is 1. The van der Waals surface area contributed by atoms with Gasteiger partial charge in [-0.15, -0.1) is 24.0 Å². The van der Waals surface area contributed by atoms with Gasteiger partial charge in [-0.05, 0) is 50.2 Å². The monoisotopic (exact) mass is 516 g/mol. The largest absolute Gasteiger partial charge is 0.484 e. The van der Waals surface area contributed by atoms with E-state index in [4.69, 9.17) is 4.74 Å². The molecule has 0 aromatic heterocycles. The van der Waals surface area contributed by atoms with Crippen LogP contribution in [0, 0.1) is 0 Å². The Hall–Kier alpha value is -1.23. The number of nitrogens with one attached hydrogen (secondary N) is 2. The number of hydrogen-bond acceptors (Lipinski definition) is 3. The average molecular weight is 516 g/mol. The molecule has 0 bridgehead atoms. The Morgan fingerprint density at radius 3 is 2.25 bits per heavy atom. The third-order valence-electron chi connectivity index (χ3n) is 4.10. The Labute approximate surface area is 183 Å². The summed E-state index contributed by atoms with van der Waals surface area (Å²) in [7, 11) is 1.71. The summed E-state index contributed by atoms with van der Waals surface area (Å²) in [4.78, 5) is 6.57. The van der Waals surface area contributed by atoms with Gasteiger partial charge in [0.1, 0.15) is 5.75 Å². The molecular formula is C19H32F3IN4O. The van der Waals surface area contributed by atoms with E-state index in [2.05, 4.69) is 34.4 Å². The first-order valence-corrected chi connectivity index (χ1v) is 9.33. The van der Waals surface area contributed by atoms with Crippen LogP contribution in [-0.2, 0) is 6.54 Å². The van der Waals surface area contributed by atoms with Crippen LogP contribution in [-0.4, -0.2) is 56.9 Å². The highest BCUT2D eigenvalue weighted by atomic mass is 127. The van der Waals surface area contributed by atoms with Crippen molar-refractivity contribution in [3.8, 4) is 5.75 Å². The Kier molecular flexibility index (Phi) is 14.1. The van der Waals surface area contributed by atoms with Gasteiger partial charge in [-0.2, -0.15) is 13.2 Å². The number of benzene rings is 1. The van der Waals surface area contributed by atoms with Gasteiger partial charge in [-0.1, -0.05) is 26.0 Å². The van der Waals surface area contributed by atoms with Crippen LogP contribution in [0.1, 0.15) is 32.3 Å². The van der Waals surface area contributed by atoms with Gasteiger partial charge in [0.15, 0.2) is 12.6 Å². The Bertz CT molecular complexity index is 549. The van der Waals surface area contributed by atoms with Crippen LogP contribution in [0.25, 0.3) is 0 Å². The molecule has 0 unspecified atom stereocenters. The fourth-order valence-corrected chi connectivity index (χ4v) is 2.48. The maximum absolute atomic E-state index is 12.1. The Morgan fingerprint density at radius 1 is 1.07 bits per heavy atom. The summed E-state index contributed by atoms with van der Waals surface area (Å²) in [5, 5.41) is 6.46. The lowest BCUT2D eigenvalue weighted by Gasteiger charge is -2.18. The molecule has 0 aliphatic rings. The summed E-state index contributed by atoms with van der Waals surface area (Å²) in [5.74, 6) is 0.905. The molecule has 5 nitrogen and oxygen atoms in total. The third kappa shape index (κ3) is 12.3. The van der Waals surface area contributed by atoms with Crippen molar-refractivity contribution in [3.05, 3.63) is 29.8 Å². The molecule has 1 rings (SSSR count). The second-order valence-electron chi connectivity index (χ2n) is 6.13. The molecule has 0 saturated heterocycles. The predicted octanol–water partition coefficient (Wildman–Crippen LogP) is 4.03. The molecular weight excluding hydrogens is 484 g/mol. The van der Waals surface area contributed by atoms with Crippen LogP contribution >= 0.6 is 24.0 Å². The molecule has 0 atom stereocenters. The number of hydrogen-bond donors (Lipinski definition) is 2. The SMILES string of the molecule is CCN(CC)CCCCNC(=NC)NCc1ccc(OCC(F)(F)F)cc1.I. The molecule has 0 fully saturated rings. The minimum Gasteiger partial charge on any atom is -0.484 e. The average Bonchev–Trinajstić information content (AvgIpc) is 2.65. The van der Waals surface area contributed by atoms with Crippen molar-refractivity contribution < 1.29 is 17.9 Å². The fraction of sp³-hybridized carbons (Fsp3) is 0.632. The van der Waals surface area contributed by atoms with Crippen LogP contribution < -0.4 is 15.4 Å². The lowest BCUT2D eigenvalue weighted by atomic mass is 10.2. The van der Waals surface area contributed by atoms with Gasteiger partial charge in [0.05, 0.1) is 0 Å². The maximum atomic E-state index is 12.1. The highest BCUT2D eigenvalue weighted by Gasteiger charge is 2.28. The van der Waals surface area contributed by atoms with Gasteiger partial charge in [0, 0.05) is 20.1 Å². The zero-order chi connectivity index (χ0) is 20.1. The van der Waals surface area contributed by atoms with Gasteiger partial charge in [-0.3, -0.25) is 4.99 Å². The van der Waals surface area contributed by atoms with Crippen LogP contribution in [0.4, 0.5) is 13.2 Å². The molecule has 162 valence electrons. The highest BCUT2D eigenvalue weighted by Crippen LogP contribution is 2.18. The van der Waals surface area contributed by atoms with Crippen molar-refractivity contribution >= 4 is 29.9 Å². The van der Waals surface area contributed by atoms with Crippen LogP contribution in [0.5, 0.6) is 5.75 Å². The molecule has 0 spiro atoms. The van der Waals surface area contributed by atoms with Crippen LogP contribution in [0.2, 0.25) is 0 Å². The molecule has 9 heteroatoms. The van der Waals surface area contributed by atoms with Gasteiger partial charge in [0.2, 0.25) is 0 Å². The molecule has 0 amide bonds. The van der Waals surface area contributed by atoms with Crippen molar-refractivity contribution in [2.75, 3.05) is 39.8 Å². The zero-order valence-corrected chi connectivity index (χ0v) is 19.1. The summed E-state index contributed by atoms with van der Waals surface area (Å²) < 4.78 is 41.1. The maximum Gasteiger partial charge on any atom is 0.422 e. The van der Waals surface area contributed by atoms with Crippen molar-refractivity contribution in [1.29, 1.82) is 0 Å². The first-order valence-electron chi connectivity index (χ1n) is 9.33. The smallest absolute Gasteiger partial charge is 0.422 e. The molecule has 0 heterocycles. The van der Waals surface area contributed by atoms with Crippen LogP contribution in [0.15, 0.2) is 29.3 Å². The first-order chi connectivity index (χ1) is 12.9. The second kappa shape index (κ2) is 14.7. The standard InChI is InChI=1S/C19H31F3N4O.HI/c1-4-26(5-2)13-7-6-12-24-18(23-3)25-14-16-8-10-17(11-9-16)27-15-19(20,21)22;/h8-11H,4-7,12-15H2,1-3H3,(H2,23,24,25);1H. The molecule has 1 aromatic rings. The predicted molar refractivity (Wildman–Crippen MR) is 119 cm³/mol. The number of guanidine groups is 1. The van der Waals surface area contributed by atoms with E-state index in [1.54, 1.807) is 19.2 Å². The van der Waals surface area contributed by atoms with E-state index in [9.17, 15) is 13.2 Å². The second-order valence-corrected chi connectivity index (χ2v) is 6.13. The van der Waals surface area contributed by atoms with E-state index >= 15 is 0 Å². The van der Waals surface area contributed by atoms with Gasteiger partial charge in [0.25, 0.3) is 0 Å². The fourth-order valence-electron chi connectivity index (χ4n) is 2.48. The quantitative estimate of drug-likeness (QED) is 0.202. The lowest BCUT2D eigenvalue weighted by Crippen LogP contribution is -2.37. The number of alkyl halides is 3. The van der Waals surface area contributed by atoms with E-state index in [-0.39, 0.29) is 29.7 Å². The molecule has 0 radical (unpaired) electrons. The number of ether oxygens (including phenoxy) is 1. The minimum absolute atomic E-state index is 0. The molecule has 0 aliphatic carbocycles. The summed E-state index contributed by atoms with van der Waals surface area (Å²) in [6.07, 6.45) is -2.14. The zero-order valence-electron chi connectivity index (χ0n) is 16.8. The van der Waals surface area contributed by atoms with E-state index < -0.39 is 12.8 Å². The molecule has 0 saturated carbocycles. The number of unbranched alkanes of at least 4 members (excludes halogenated alkanes) is 1. The lowest BCUT2D eigenvalue weighted by molar-refractivity contribution is -0.153. The summed E-state index contributed by atoms with van der Waals surface area (Å²) in [6.45, 7) is 7.67. The number of nitrogens with zero attached hydrogens (tertiary/aromatic N) is 2. The topological polar surface area (TPSA) is 48.9 Å². The van der Waals surface area contributed by atoms with Crippen molar-refractivity contribution in [3.63, 3.8) is 0 Å². The normalized spacial score (nSPS) is 11.9. The van der Waals surface area contributed by atoms with E-state index in [1.807, 2.05) is 0 Å². The van der Waals surface area contributed by atoms with Crippen molar-refractivity contribution in [2.45, 2.75) is 39.4 Å². The number of rotatable bonds is 11. The van der Waals surface area contributed by atoms with Gasteiger partial charge >= 0.3 is 6.18 Å². The van der Waals surface area contributed by atoms with Gasteiger partial charge in [-0.25, -0.2) is 0 Å². The number of halogens is 4. The molecule has 2 N–H and O–H groups in total. The molecule has 1 aromatic carbocycles. The first kappa shape index (κ1) is 26.8. The van der Waals surface area contributed by atoms with E-state index in [1.165, 1.54) is 12.1 Å². The summed E-state index contributed by atoms with van der Waals surface area (Å²) >= 11 is 0. The Morgan fingerprint density at radius 2 is 1.71 bits per heavy atom. The summed E-state index contributed by atoms with van der Waals surface area (Å²) in [6, 6.07) is 6.53. The third-order valence-corrected chi connectivity index (χ3v) is 4.10. The highest BCUT2D eigenvalue weighted by molar-refractivity contribution is 14.0. The van der Waals surface area contributed by atoms with Crippen LogP contribution in [0.3, 0.4) is 0 Å².